The Balaban J connectivity index is 1.65. The maximum absolute atomic E-state index is 12.8. The molecule has 1 heterocycles. The minimum Gasteiger partial charge on any atom is -0.481 e. The van der Waals surface area contributed by atoms with E-state index < -0.39 is 6.10 Å². The minimum absolute atomic E-state index is 0.194. The van der Waals surface area contributed by atoms with Crippen molar-refractivity contribution in [1.82, 2.24) is 10.2 Å². The molecular formula is C16H21FN2O3. The molecule has 0 saturated carbocycles. The maximum atomic E-state index is 12.8. The number of nitrogens with one attached hydrogen (secondary N) is 1. The second-order valence-corrected chi connectivity index (χ2v) is 5.34. The highest BCUT2D eigenvalue weighted by Crippen LogP contribution is 2.13. The lowest BCUT2D eigenvalue weighted by Gasteiger charge is -2.17. The van der Waals surface area contributed by atoms with Crippen LogP contribution in [0, 0.1) is 5.82 Å². The van der Waals surface area contributed by atoms with E-state index in [9.17, 15) is 14.0 Å². The molecular weight excluding hydrogens is 287 g/mol. The fraction of sp³-hybridized carbons (Fsp3) is 0.500. The van der Waals surface area contributed by atoms with Crippen molar-refractivity contribution in [2.75, 3.05) is 19.6 Å². The van der Waals surface area contributed by atoms with Crippen molar-refractivity contribution in [3.8, 4) is 5.75 Å². The van der Waals surface area contributed by atoms with Crippen LogP contribution < -0.4 is 10.1 Å². The number of amides is 2. The fourth-order valence-electron chi connectivity index (χ4n) is 2.34. The van der Waals surface area contributed by atoms with Crippen molar-refractivity contribution in [1.29, 1.82) is 0 Å². The molecule has 0 bridgehead atoms. The average Bonchev–Trinajstić information content (AvgIpc) is 2.91. The van der Waals surface area contributed by atoms with Crippen molar-refractivity contribution in [3.05, 3.63) is 30.1 Å². The first-order chi connectivity index (χ1) is 10.6. The number of hydrogen-bond donors (Lipinski definition) is 1. The van der Waals surface area contributed by atoms with E-state index in [-0.39, 0.29) is 17.6 Å². The Morgan fingerprint density at radius 1 is 1.41 bits per heavy atom. The molecule has 6 heteroatoms. The Morgan fingerprint density at radius 2 is 2.14 bits per heavy atom. The third-order valence-corrected chi connectivity index (χ3v) is 3.57. The van der Waals surface area contributed by atoms with Gasteiger partial charge in [0, 0.05) is 26.1 Å². The molecule has 1 aromatic rings. The predicted octanol–water partition coefficient (Wildman–Crippen LogP) is 1.72. The number of hydrogen-bond acceptors (Lipinski definition) is 3. The van der Waals surface area contributed by atoms with Crippen molar-refractivity contribution in [3.63, 3.8) is 0 Å². The summed E-state index contributed by atoms with van der Waals surface area (Å²) in [5.74, 6) is 0.0732. The highest BCUT2D eigenvalue weighted by atomic mass is 19.1. The van der Waals surface area contributed by atoms with Crippen LogP contribution in [0.15, 0.2) is 24.3 Å². The van der Waals surface area contributed by atoms with Crippen molar-refractivity contribution < 1.29 is 18.7 Å². The van der Waals surface area contributed by atoms with Crippen LogP contribution in [0.3, 0.4) is 0 Å². The van der Waals surface area contributed by atoms with E-state index in [1.807, 2.05) is 4.90 Å². The zero-order chi connectivity index (χ0) is 15.9. The standard InChI is InChI=1S/C16H21FN2O3/c1-12(22-14-7-5-13(17)6-8-14)16(21)18-9-3-11-19-10-2-4-15(19)20/h5-8,12H,2-4,9-11H2,1H3,(H,18,21)/t12-/m0/s1. The number of nitrogens with zero attached hydrogens (tertiary/aromatic N) is 1. The van der Waals surface area contributed by atoms with Crippen molar-refractivity contribution in [2.24, 2.45) is 0 Å². The van der Waals surface area contributed by atoms with E-state index in [0.717, 1.165) is 19.4 Å². The van der Waals surface area contributed by atoms with E-state index >= 15 is 0 Å². The van der Waals surface area contributed by atoms with E-state index in [0.29, 0.717) is 25.3 Å². The summed E-state index contributed by atoms with van der Waals surface area (Å²) in [7, 11) is 0. The summed E-state index contributed by atoms with van der Waals surface area (Å²) in [6.07, 6.45) is 1.63. The summed E-state index contributed by atoms with van der Waals surface area (Å²) in [4.78, 5) is 25.1. The molecule has 1 saturated heterocycles. The average molecular weight is 308 g/mol. The summed E-state index contributed by atoms with van der Waals surface area (Å²) in [5.41, 5.74) is 0. The molecule has 2 rings (SSSR count). The van der Waals surface area contributed by atoms with Crippen LogP contribution in [0.25, 0.3) is 0 Å². The molecule has 1 N–H and O–H groups in total. The molecule has 2 amide bonds. The summed E-state index contributed by atoms with van der Waals surface area (Å²) in [6.45, 7) is 3.63. The first-order valence-electron chi connectivity index (χ1n) is 7.54. The molecule has 0 aromatic heterocycles. The Hall–Kier alpha value is -2.11. The summed E-state index contributed by atoms with van der Waals surface area (Å²) < 4.78 is 18.2. The van der Waals surface area contributed by atoms with Gasteiger partial charge in [-0.3, -0.25) is 9.59 Å². The van der Waals surface area contributed by atoms with Crippen LogP contribution in [0.1, 0.15) is 26.2 Å². The van der Waals surface area contributed by atoms with Gasteiger partial charge in [-0.05, 0) is 44.0 Å². The SMILES string of the molecule is C[C@H](Oc1ccc(F)cc1)C(=O)NCCCN1CCCC1=O. The second-order valence-electron chi connectivity index (χ2n) is 5.34. The monoisotopic (exact) mass is 308 g/mol. The van der Waals surface area contributed by atoms with Gasteiger partial charge in [0.25, 0.3) is 5.91 Å². The molecule has 1 fully saturated rings. The number of rotatable bonds is 7. The molecule has 0 unspecified atom stereocenters. The molecule has 22 heavy (non-hydrogen) atoms. The Morgan fingerprint density at radius 3 is 2.77 bits per heavy atom. The molecule has 1 aliphatic heterocycles. The van der Waals surface area contributed by atoms with Gasteiger partial charge in [0.2, 0.25) is 5.91 Å². The van der Waals surface area contributed by atoms with Gasteiger partial charge < -0.3 is 15.0 Å². The second kappa shape index (κ2) is 7.77. The molecule has 1 atom stereocenters. The smallest absolute Gasteiger partial charge is 0.260 e. The van der Waals surface area contributed by atoms with Gasteiger partial charge in [0.05, 0.1) is 0 Å². The fourth-order valence-corrected chi connectivity index (χ4v) is 2.34. The maximum Gasteiger partial charge on any atom is 0.260 e. The van der Waals surface area contributed by atoms with Crippen LogP contribution in [-0.4, -0.2) is 42.5 Å². The number of carbonyl (C=O) groups excluding carboxylic acids is 2. The minimum atomic E-state index is -0.654. The van der Waals surface area contributed by atoms with Gasteiger partial charge in [-0.1, -0.05) is 0 Å². The first-order valence-corrected chi connectivity index (χ1v) is 7.54. The number of benzene rings is 1. The molecule has 1 aromatic carbocycles. The Kier molecular flexibility index (Phi) is 5.75. The summed E-state index contributed by atoms with van der Waals surface area (Å²) >= 11 is 0. The van der Waals surface area contributed by atoms with Crippen LogP contribution in [0.2, 0.25) is 0 Å². The van der Waals surface area contributed by atoms with Crippen LogP contribution >= 0.6 is 0 Å². The van der Waals surface area contributed by atoms with E-state index in [1.165, 1.54) is 24.3 Å². The van der Waals surface area contributed by atoms with Gasteiger partial charge in [-0.15, -0.1) is 0 Å². The molecule has 5 nitrogen and oxygen atoms in total. The van der Waals surface area contributed by atoms with Crippen LogP contribution in [0.4, 0.5) is 4.39 Å². The van der Waals surface area contributed by atoms with Gasteiger partial charge in [0.1, 0.15) is 11.6 Å². The lowest BCUT2D eigenvalue weighted by atomic mass is 10.3. The third kappa shape index (κ3) is 4.72. The largest absolute Gasteiger partial charge is 0.481 e. The van der Waals surface area contributed by atoms with Gasteiger partial charge in [-0.2, -0.15) is 0 Å². The van der Waals surface area contributed by atoms with Crippen molar-refractivity contribution in [2.45, 2.75) is 32.3 Å². The van der Waals surface area contributed by atoms with E-state index in [4.69, 9.17) is 4.74 Å². The van der Waals surface area contributed by atoms with Crippen LogP contribution in [0.5, 0.6) is 5.75 Å². The van der Waals surface area contributed by atoms with Gasteiger partial charge in [-0.25, -0.2) is 4.39 Å². The molecule has 0 aliphatic carbocycles. The quantitative estimate of drug-likeness (QED) is 0.780. The normalized spacial score (nSPS) is 15.7. The summed E-state index contributed by atoms with van der Waals surface area (Å²) in [6, 6.07) is 5.54. The van der Waals surface area contributed by atoms with Gasteiger partial charge in [0.15, 0.2) is 6.10 Å². The zero-order valence-corrected chi connectivity index (χ0v) is 12.7. The molecule has 1 aliphatic rings. The Bertz CT molecular complexity index is 519. The van der Waals surface area contributed by atoms with Crippen LogP contribution in [-0.2, 0) is 9.59 Å². The highest BCUT2D eigenvalue weighted by Gasteiger charge is 2.19. The Labute approximate surface area is 129 Å². The number of halogens is 1. The van der Waals surface area contributed by atoms with Crippen molar-refractivity contribution >= 4 is 11.8 Å². The zero-order valence-electron chi connectivity index (χ0n) is 12.7. The number of carbonyl (C=O) groups is 2. The highest BCUT2D eigenvalue weighted by molar-refractivity contribution is 5.80. The lowest BCUT2D eigenvalue weighted by molar-refractivity contribution is -0.127. The van der Waals surface area contributed by atoms with E-state index in [1.54, 1.807) is 6.92 Å². The predicted molar refractivity (Wildman–Crippen MR) is 79.9 cm³/mol. The number of likely N-dealkylation sites (tertiary alicyclic amines) is 1. The topological polar surface area (TPSA) is 58.6 Å². The van der Waals surface area contributed by atoms with E-state index in [2.05, 4.69) is 5.32 Å². The molecule has 0 spiro atoms. The number of ether oxygens (including phenoxy) is 1. The lowest BCUT2D eigenvalue weighted by Crippen LogP contribution is -2.38. The van der Waals surface area contributed by atoms with Gasteiger partial charge >= 0.3 is 0 Å². The summed E-state index contributed by atoms with van der Waals surface area (Å²) in [5, 5.41) is 2.78. The first kappa shape index (κ1) is 16.3. The molecule has 0 radical (unpaired) electrons. The third-order valence-electron chi connectivity index (χ3n) is 3.57. The molecule has 120 valence electrons.